The maximum Gasteiger partial charge on any atom is 0.299 e. The first kappa shape index (κ1) is 13.3. The van der Waals surface area contributed by atoms with E-state index in [0.29, 0.717) is 24.3 Å². The fourth-order valence-electron chi connectivity index (χ4n) is 1.81. The minimum absolute atomic E-state index is 0.136. The summed E-state index contributed by atoms with van der Waals surface area (Å²) in [5.74, 6) is 0. The second-order valence-corrected chi connectivity index (χ2v) is 4.69. The van der Waals surface area contributed by atoms with Gasteiger partial charge in [0, 0.05) is 24.0 Å². The van der Waals surface area contributed by atoms with Gasteiger partial charge in [-0.1, -0.05) is 0 Å². The molecule has 6 heteroatoms. The van der Waals surface area contributed by atoms with Gasteiger partial charge in [0.25, 0.3) is 11.6 Å². The molecule has 2 aromatic rings. The number of nitrogens with zero attached hydrogens (tertiary/aromatic N) is 4. The lowest BCUT2D eigenvalue weighted by Gasteiger charge is -2.09. The second-order valence-electron chi connectivity index (χ2n) is 4.69. The fraction of sp³-hybridized carbons (Fsp3) is 0.462. The molecule has 6 nitrogen and oxygen atoms in total. The van der Waals surface area contributed by atoms with Crippen LogP contribution in [0.2, 0.25) is 0 Å². The van der Waals surface area contributed by atoms with Crippen LogP contribution in [0.15, 0.2) is 23.1 Å². The van der Waals surface area contributed by atoms with Crippen LogP contribution in [0.1, 0.15) is 31.3 Å². The van der Waals surface area contributed by atoms with E-state index < -0.39 is 0 Å². The number of methoxy groups -OCH3 is 1. The molecule has 0 amide bonds. The van der Waals surface area contributed by atoms with Crippen molar-refractivity contribution in [3.63, 3.8) is 0 Å². The molecular formula is C13H18N4O2. The molecule has 0 aliphatic carbocycles. The summed E-state index contributed by atoms with van der Waals surface area (Å²) in [7, 11) is 1.50. The van der Waals surface area contributed by atoms with Crippen LogP contribution in [-0.2, 0) is 6.54 Å². The summed E-state index contributed by atoms with van der Waals surface area (Å²) in [6.45, 7) is 6.23. The Morgan fingerprint density at radius 1 is 1.42 bits per heavy atom. The molecule has 0 aliphatic rings. The molecule has 0 spiro atoms. The maximum absolute atomic E-state index is 12.0. The highest BCUT2D eigenvalue weighted by molar-refractivity contribution is 5.10. The molecule has 0 unspecified atom stereocenters. The summed E-state index contributed by atoms with van der Waals surface area (Å²) in [5, 5.41) is 4.42. The molecule has 0 aromatic carbocycles. The molecule has 0 bridgehead atoms. The Labute approximate surface area is 111 Å². The third kappa shape index (κ3) is 2.83. The van der Waals surface area contributed by atoms with Crippen LogP contribution in [0.25, 0.3) is 0 Å². The molecule has 0 atom stereocenters. The summed E-state index contributed by atoms with van der Waals surface area (Å²) in [4.78, 5) is 16.2. The van der Waals surface area contributed by atoms with Crippen molar-refractivity contribution in [2.45, 2.75) is 33.4 Å². The number of aromatic nitrogens is 4. The molecular weight excluding hydrogens is 244 g/mol. The number of hydrogen-bond acceptors (Lipinski definition) is 4. The van der Waals surface area contributed by atoms with E-state index >= 15 is 0 Å². The molecule has 0 saturated heterocycles. The van der Waals surface area contributed by atoms with Crippen LogP contribution in [0.3, 0.4) is 0 Å². The predicted molar refractivity (Wildman–Crippen MR) is 71.5 cm³/mol. The minimum Gasteiger partial charge on any atom is -0.468 e. The van der Waals surface area contributed by atoms with Crippen molar-refractivity contribution in [1.29, 1.82) is 0 Å². The van der Waals surface area contributed by atoms with E-state index in [4.69, 9.17) is 4.74 Å². The van der Waals surface area contributed by atoms with Gasteiger partial charge in [-0.2, -0.15) is 5.10 Å². The van der Waals surface area contributed by atoms with Crippen LogP contribution >= 0.6 is 0 Å². The molecule has 2 aromatic heterocycles. The number of rotatable bonds is 4. The highest BCUT2D eigenvalue weighted by atomic mass is 16.5. The Morgan fingerprint density at radius 2 is 2.16 bits per heavy atom. The smallest absolute Gasteiger partial charge is 0.299 e. The highest BCUT2D eigenvalue weighted by Gasteiger charge is 2.10. The van der Waals surface area contributed by atoms with Crippen molar-refractivity contribution in [3.8, 4) is 6.01 Å². The van der Waals surface area contributed by atoms with Gasteiger partial charge in [-0.15, -0.1) is 0 Å². The summed E-state index contributed by atoms with van der Waals surface area (Å²) in [6, 6.07) is 3.99. The first-order chi connectivity index (χ1) is 9.01. The van der Waals surface area contributed by atoms with E-state index in [2.05, 4.69) is 23.9 Å². The molecule has 2 rings (SSSR count). The lowest BCUT2D eigenvalue weighted by molar-refractivity contribution is 0.348. The van der Waals surface area contributed by atoms with Crippen molar-refractivity contribution in [2.24, 2.45) is 0 Å². The van der Waals surface area contributed by atoms with E-state index in [1.807, 2.05) is 16.9 Å². The van der Waals surface area contributed by atoms with Crippen LogP contribution in [0.4, 0.5) is 0 Å². The zero-order valence-electron chi connectivity index (χ0n) is 11.6. The van der Waals surface area contributed by atoms with Gasteiger partial charge in [-0.05, 0) is 26.8 Å². The normalized spacial score (nSPS) is 11.0. The second kappa shape index (κ2) is 5.26. The predicted octanol–water partition coefficient (Wildman–Crippen LogP) is 1.39. The Kier molecular flexibility index (Phi) is 3.69. The van der Waals surface area contributed by atoms with Gasteiger partial charge in [0.2, 0.25) is 0 Å². The van der Waals surface area contributed by atoms with Crippen LogP contribution in [0.5, 0.6) is 6.01 Å². The SMILES string of the molecule is COc1nc(C)cc(=O)n1Cc1ccn(C(C)C)n1. The standard InChI is InChI=1S/C13H18N4O2/c1-9(2)17-6-5-11(15-17)8-16-12(18)7-10(3)14-13(16)19-4/h5-7,9H,8H2,1-4H3. The van der Waals surface area contributed by atoms with E-state index in [-0.39, 0.29) is 5.56 Å². The van der Waals surface area contributed by atoms with Crippen LogP contribution in [-0.4, -0.2) is 26.4 Å². The number of ether oxygens (including phenoxy) is 1. The molecule has 0 aliphatic heterocycles. The van der Waals surface area contributed by atoms with E-state index in [9.17, 15) is 4.79 Å². The van der Waals surface area contributed by atoms with Gasteiger partial charge in [0.05, 0.1) is 19.3 Å². The molecule has 19 heavy (non-hydrogen) atoms. The zero-order valence-corrected chi connectivity index (χ0v) is 11.6. The van der Waals surface area contributed by atoms with Crippen molar-refractivity contribution < 1.29 is 4.74 Å². The topological polar surface area (TPSA) is 61.9 Å². The van der Waals surface area contributed by atoms with Gasteiger partial charge in [-0.3, -0.25) is 14.0 Å². The van der Waals surface area contributed by atoms with Gasteiger partial charge in [-0.25, -0.2) is 4.98 Å². The quantitative estimate of drug-likeness (QED) is 0.835. The van der Waals surface area contributed by atoms with E-state index in [1.54, 1.807) is 6.92 Å². The van der Waals surface area contributed by atoms with Crippen molar-refractivity contribution in [1.82, 2.24) is 19.3 Å². The van der Waals surface area contributed by atoms with Crippen molar-refractivity contribution in [3.05, 3.63) is 40.1 Å². The summed E-state index contributed by atoms with van der Waals surface area (Å²) in [6.07, 6.45) is 1.90. The number of hydrogen-bond donors (Lipinski definition) is 0. The Morgan fingerprint density at radius 3 is 2.74 bits per heavy atom. The maximum atomic E-state index is 12.0. The molecule has 102 valence electrons. The largest absolute Gasteiger partial charge is 0.468 e. The first-order valence-corrected chi connectivity index (χ1v) is 6.17. The molecule has 0 N–H and O–H groups in total. The van der Waals surface area contributed by atoms with Gasteiger partial charge < -0.3 is 4.74 Å². The summed E-state index contributed by atoms with van der Waals surface area (Å²) in [5.41, 5.74) is 1.31. The van der Waals surface area contributed by atoms with Crippen molar-refractivity contribution >= 4 is 0 Å². The zero-order chi connectivity index (χ0) is 14.0. The van der Waals surface area contributed by atoms with Crippen molar-refractivity contribution in [2.75, 3.05) is 7.11 Å². The van der Waals surface area contributed by atoms with Crippen LogP contribution in [0, 0.1) is 6.92 Å². The van der Waals surface area contributed by atoms with E-state index in [0.717, 1.165) is 5.69 Å². The molecule has 0 radical (unpaired) electrons. The molecule has 0 saturated carbocycles. The van der Waals surface area contributed by atoms with Crippen LogP contribution < -0.4 is 10.3 Å². The van der Waals surface area contributed by atoms with Gasteiger partial charge >= 0.3 is 0 Å². The monoisotopic (exact) mass is 262 g/mol. The lowest BCUT2D eigenvalue weighted by atomic mass is 10.4. The summed E-state index contributed by atoms with van der Waals surface area (Å²) < 4.78 is 8.48. The van der Waals surface area contributed by atoms with E-state index in [1.165, 1.54) is 17.7 Å². The average molecular weight is 262 g/mol. The summed E-state index contributed by atoms with van der Waals surface area (Å²) >= 11 is 0. The first-order valence-electron chi connectivity index (χ1n) is 6.17. The third-order valence-electron chi connectivity index (χ3n) is 2.80. The minimum atomic E-state index is -0.136. The number of aryl methyl sites for hydroxylation is 1. The molecule has 0 fully saturated rings. The average Bonchev–Trinajstić information content (AvgIpc) is 2.81. The van der Waals surface area contributed by atoms with Gasteiger partial charge in [0.15, 0.2) is 0 Å². The highest BCUT2D eigenvalue weighted by Crippen LogP contribution is 2.09. The third-order valence-corrected chi connectivity index (χ3v) is 2.80. The Balaban J connectivity index is 2.34. The fourth-order valence-corrected chi connectivity index (χ4v) is 1.81. The Hall–Kier alpha value is -2.11. The molecule has 2 heterocycles. The lowest BCUT2D eigenvalue weighted by Crippen LogP contribution is -2.23. The van der Waals surface area contributed by atoms with Gasteiger partial charge in [0.1, 0.15) is 0 Å². The Bertz CT molecular complexity index is 628.